The zero-order chi connectivity index (χ0) is 14.7. The molecule has 0 fully saturated rings. The quantitative estimate of drug-likeness (QED) is 0.547. The summed E-state index contributed by atoms with van der Waals surface area (Å²) in [5.41, 5.74) is 1.61. The van der Waals surface area contributed by atoms with E-state index in [4.69, 9.17) is 9.68 Å². The van der Waals surface area contributed by atoms with Crippen LogP contribution in [0.2, 0.25) is 0 Å². The Bertz CT molecular complexity index is 896. The number of aromatic nitrogens is 1. The van der Waals surface area contributed by atoms with Gasteiger partial charge in [0, 0.05) is 23.4 Å². The third-order valence-electron chi connectivity index (χ3n) is 2.99. The van der Waals surface area contributed by atoms with Crippen LogP contribution in [0.5, 0.6) is 0 Å². The second-order valence-corrected chi connectivity index (χ2v) is 5.31. The van der Waals surface area contributed by atoms with Gasteiger partial charge >= 0.3 is 5.63 Å². The Kier molecular flexibility index (Phi) is 3.71. The van der Waals surface area contributed by atoms with Crippen molar-refractivity contribution in [2.45, 2.75) is 10.8 Å². The number of benzene rings is 1. The molecule has 2 aromatic heterocycles. The van der Waals surface area contributed by atoms with E-state index in [-0.39, 0.29) is 5.63 Å². The van der Waals surface area contributed by atoms with Gasteiger partial charge in [-0.15, -0.1) is 11.8 Å². The standard InChI is InChI=1S/C16H10N2O2S/c17-9-11-4-3-7-18-16(11)21-10-12-8-15(19)20-14-6-2-1-5-13(12)14/h1-8H,10H2. The summed E-state index contributed by atoms with van der Waals surface area (Å²) in [6, 6.07) is 14.5. The van der Waals surface area contributed by atoms with Crippen LogP contribution in [0.15, 0.2) is 62.9 Å². The smallest absolute Gasteiger partial charge is 0.336 e. The number of para-hydroxylation sites is 1. The van der Waals surface area contributed by atoms with Gasteiger partial charge in [0.2, 0.25) is 0 Å². The normalized spacial score (nSPS) is 10.4. The fourth-order valence-electron chi connectivity index (χ4n) is 2.04. The van der Waals surface area contributed by atoms with E-state index in [9.17, 15) is 4.79 Å². The topological polar surface area (TPSA) is 66.9 Å². The Morgan fingerprint density at radius 1 is 1.24 bits per heavy atom. The van der Waals surface area contributed by atoms with E-state index >= 15 is 0 Å². The highest BCUT2D eigenvalue weighted by atomic mass is 32.2. The van der Waals surface area contributed by atoms with Gasteiger partial charge in [-0.25, -0.2) is 9.78 Å². The van der Waals surface area contributed by atoms with E-state index in [1.165, 1.54) is 17.8 Å². The van der Waals surface area contributed by atoms with Crippen LogP contribution >= 0.6 is 11.8 Å². The monoisotopic (exact) mass is 294 g/mol. The maximum Gasteiger partial charge on any atom is 0.336 e. The summed E-state index contributed by atoms with van der Waals surface area (Å²) < 4.78 is 5.17. The molecular weight excluding hydrogens is 284 g/mol. The molecule has 102 valence electrons. The zero-order valence-corrected chi connectivity index (χ0v) is 11.8. The van der Waals surface area contributed by atoms with Gasteiger partial charge in [0.05, 0.1) is 5.56 Å². The molecule has 0 saturated heterocycles. The number of thioether (sulfide) groups is 1. The van der Waals surface area contributed by atoms with Crippen LogP contribution in [0.1, 0.15) is 11.1 Å². The molecule has 2 heterocycles. The molecule has 3 rings (SSSR count). The molecule has 5 heteroatoms. The molecule has 0 amide bonds. The minimum atomic E-state index is -0.370. The number of rotatable bonds is 3. The lowest BCUT2D eigenvalue weighted by Gasteiger charge is -2.05. The highest BCUT2D eigenvalue weighted by Gasteiger charge is 2.08. The molecule has 0 saturated carbocycles. The van der Waals surface area contributed by atoms with Gasteiger partial charge < -0.3 is 4.42 Å². The summed E-state index contributed by atoms with van der Waals surface area (Å²) in [5, 5.41) is 10.6. The summed E-state index contributed by atoms with van der Waals surface area (Å²) in [5.74, 6) is 0.553. The molecule has 0 atom stereocenters. The summed E-state index contributed by atoms with van der Waals surface area (Å²) in [6.07, 6.45) is 1.65. The molecule has 0 aliphatic rings. The van der Waals surface area contributed by atoms with Crippen molar-refractivity contribution in [1.29, 1.82) is 5.26 Å². The average Bonchev–Trinajstić information content (AvgIpc) is 2.52. The molecule has 0 bridgehead atoms. The number of fused-ring (bicyclic) bond motifs is 1. The van der Waals surface area contributed by atoms with E-state index < -0.39 is 0 Å². The van der Waals surface area contributed by atoms with Gasteiger partial charge in [-0.3, -0.25) is 0 Å². The molecule has 3 aromatic rings. The fraction of sp³-hybridized carbons (Fsp3) is 0.0625. The molecule has 0 N–H and O–H groups in total. The van der Waals surface area contributed by atoms with Crippen molar-refractivity contribution in [3.8, 4) is 6.07 Å². The highest BCUT2D eigenvalue weighted by molar-refractivity contribution is 7.98. The van der Waals surface area contributed by atoms with Crippen LogP contribution in [0.3, 0.4) is 0 Å². The first-order valence-corrected chi connectivity index (χ1v) is 7.26. The molecule has 0 aliphatic heterocycles. The largest absolute Gasteiger partial charge is 0.423 e. The lowest BCUT2D eigenvalue weighted by Crippen LogP contribution is -2.00. The van der Waals surface area contributed by atoms with Crippen molar-refractivity contribution in [3.05, 3.63) is 70.2 Å². The van der Waals surface area contributed by atoms with E-state index in [0.29, 0.717) is 21.9 Å². The van der Waals surface area contributed by atoms with Crippen molar-refractivity contribution in [2.75, 3.05) is 0 Å². The second-order valence-electron chi connectivity index (χ2n) is 4.34. The lowest BCUT2D eigenvalue weighted by atomic mass is 10.1. The van der Waals surface area contributed by atoms with Crippen molar-refractivity contribution in [1.82, 2.24) is 4.98 Å². The van der Waals surface area contributed by atoms with Crippen LogP contribution in [0, 0.1) is 11.3 Å². The summed E-state index contributed by atoms with van der Waals surface area (Å²) in [4.78, 5) is 15.8. The van der Waals surface area contributed by atoms with Crippen LogP contribution in [-0.2, 0) is 5.75 Å². The Morgan fingerprint density at radius 3 is 2.95 bits per heavy atom. The van der Waals surface area contributed by atoms with Crippen LogP contribution in [0.25, 0.3) is 11.0 Å². The van der Waals surface area contributed by atoms with E-state index in [1.54, 1.807) is 24.4 Å². The first-order chi connectivity index (χ1) is 10.3. The van der Waals surface area contributed by atoms with E-state index in [1.807, 2.05) is 18.2 Å². The Hall–Kier alpha value is -2.58. The first-order valence-electron chi connectivity index (χ1n) is 6.27. The maximum absolute atomic E-state index is 11.6. The predicted molar refractivity (Wildman–Crippen MR) is 81.0 cm³/mol. The average molecular weight is 294 g/mol. The highest BCUT2D eigenvalue weighted by Crippen LogP contribution is 2.26. The second kappa shape index (κ2) is 5.81. The fourth-order valence-corrected chi connectivity index (χ4v) is 2.97. The first kappa shape index (κ1) is 13.4. The minimum Gasteiger partial charge on any atom is -0.423 e. The molecule has 21 heavy (non-hydrogen) atoms. The van der Waals surface area contributed by atoms with Crippen molar-refractivity contribution >= 4 is 22.7 Å². The van der Waals surface area contributed by atoms with Gasteiger partial charge in [-0.2, -0.15) is 5.26 Å². The summed E-state index contributed by atoms with van der Waals surface area (Å²) >= 11 is 1.43. The molecule has 0 radical (unpaired) electrons. The van der Waals surface area contributed by atoms with E-state index in [0.717, 1.165) is 10.9 Å². The lowest BCUT2D eigenvalue weighted by molar-refractivity contribution is 0.559. The van der Waals surface area contributed by atoms with Crippen LogP contribution in [0.4, 0.5) is 0 Å². The number of nitrogens with zero attached hydrogens (tertiary/aromatic N) is 2. The minimum absolute atomic E-state index is 0.370. The Balaban J connectivity index is 1.96. The van der Waals surface area contributed by atoms with Gasteiger partial charge in [0.1, 0.15) is 16.7 Å². The number of hydrogen-bond donors (Lipinski definition) is 0. The van der Waals surface area contributed by atoms with Crippen molar-refractivity contribution in [3.63, 3.8) is 0 Å². The molecule has 0 aliphatic carbocycles. The van der Waals surface area contributed by atoms with Crippen molar-refractivity contribution < 1.29 is 4.42 Å². The predicted octanol–water partition coefficient (Wildman–Crippen LogP) is 3.35. The summed E-state index contributed by atoms with van der Waals surface area (Å²) in [7, 11) is 0. The maximum atomic E-state index is 11.6. The molecule has 4 nitrogen and oxygen atoms in total. The molecule has 0 unspecified atom stereocenters. The molecule has 0 spiro atoms. The Labute approximate surface area is 125 Å². The van der Waals surface area contributed by atoms with Gasteiger partial charge in [-0.1, -0.05) is 18.2 Å². The number of pyridine rings is 1. The summed E-state index contributed by atoms with van der Waals surface area (Å²) in [6.45, 7) is 0. The van der Waals surface area contributed by atoms with E-state index in [2.05, 4.69) is 11.1 Å². The number of hydrogen-bond acceptors (Lipinski definition) is 5. The Morgan fingerprint density at radius 2 is 2.10 bits per heavy atom. The van der Waals surface area contributed by atoms with Gasteiger partial charge in [0.15, 0.2) is 0 Å². The number of nitriles is 1. The van der Waals surface area contributed by atoms with Gasteiger partial charge in [-0.05, 0) is 23.8 Å². The third-order valence-corrected chi connectivity index (χ3v) is 4.05. The van der Waals surface area contributed by atoms with Crippen LogP contribution in [-0.4, -0.2) is 4.98 Å². The third kappa shape index (κ3) is 2.81. The van der Waals surface area contributed by atoms with Crippen molar-refractivity contribution in [2.24, 2.45) is 0 Å². The van der Waals surface area contributed by atoms with Crippen LogP contribution < -0.4 is 5.63 Å². The molecular formula is C16H10N2O2S. The van der Waals surface area contributed by atoms with Gasteiger partial charge in [0.25, 0.3) is 0 Å². The zero-order valence-electron chi connectivity index (χ0n) is 10.9. The SMILES string of the molecule is N#Cc1cccnc1SCc1cc(=O)oc2ccccc12. The molecule has 1 aromatic carbocycles.